The molecule has 2 aromatic heterocycles. The second-order valence-electron chi connectivity index (χ2n) is 7.05. The normalized spacial score (nSPS) is 11.7. The monoisotopic (exact) mass is 529 g/mol. The number of hydrogen-bond acceptors (Lipinski definition) is 4. The molecule has 0 unspecified atom stereocenters. The van der Waals surface area contributed by atoms with E-state index < -0.39 is 33.1 Å². The Balaban J connectivity index is 1.81. The van der Waals surface area contributed by atoms with Gasteiger partial charge < -0.3 is 0 Å². The van der Waals surface area contributed by atoms with Crippen molar-refractivity contribution in [3.63, 3.8) is 0 Å². The van der Waals surface area contributed by atoms with Crippen molar-refractivity contribution in [1.29, 1.82) is 0 Å². The van der Waals surface area contributed by atoms with E-state index in [1.807, 2.05) is 0 Å². The Kier molecular flexibility index (Phi) is 6.09. The Morgan fingerprint density at radius 3 is 2.42 bits per heavy atom. The third kappa shape index (κ3) is 4.67. The van der Waals surface area contributed by atoms with Gasteiger partial charge in [-0.15, -0.1) is 0 Å². The molecule has 0 bridgehead atoms. The van der Waals surface area contributed by atoms with Gasteiger partial charge >= 0.3 is 0 Å². The number of benzene rings is 2. The van der Waals surface area contributed by atoms with Gasteiger partial charge in [0.15, 0.2) is 0 Å². The van der Waals surface area contributed by atoms with Crippen LogP contribution in [0.1, 0.15) is 10.4 Å². The number of sulfonamides is 1. The lowest BCUT2D eigenvalue weighted by Crippen LogP contribution is -2.30. The lowest BCUT2D eigenvalue weighted by molar-refractivity contribution is 0.0978. The number of nitrogens with zero attached hydrogens (tertiary/aromatic N) is 2. The molecule has 2 heterocycles. The first-order valence-electron chi connectivity index (χ1n) is 9.08. The molecule has 2 aromatic carbocycles. The Morgan fingerprint density at radius 1 is 1.03 bits per heavy atom. The molecule has 1 amide bonds. The molecule has 0 aliphatic rings. The summed E-state index contributed by atoms with van der Waals surface area (Å²) in [6.45, 7) is 0. The van der Waals surface area contributed by atoms with Crippen LogP contribution < -0.4 is 4.72 Å². The molecule has 12 heteroatoms. The van der Waals surface area contributed by atoms with E-state index in [0.29, 0.717) is 22.2 Å². The lowest BCUT2D eigenvalue weighted by atomic mass is 10.1. The average molecular weight is 531 g/mol. The quantitative estimate of drug-likeness (QED) is 0.371. The summed E-state index contributed by atoms with van der Waals surface area (Å²) in [5, 5.41) is 0.911. The van der Waals surface area contributed by atoms with Gasteiger partial charge in [0, 0.05) is 35.0 Å². The molecule has 0 aliphatic heterocycles. The molecular formula is C21H12Cl3F2N3O3S. The van der Waals surface area contributed by atoms with Gasteiger partial charge in [0.05, 0.1) is 32.6 Å². The van der Waals surface area contributed by atoms with E-state index in [-0.39, 0.29) is 20.8 Å². The van der Waals surface area contributed by atoms with Crippen molar-refractivity contribution in [3.8, 4) is 16.8 Å². The first kappa shape index (κ1) is 23.4. The Labute approximate surface area is 201 Å². The Morgan fingerprint density at radius 2 is 1.76 bits per heavy atom. The van der Waals surface area contributed by atoms with Gasteiger partial charge in [0.25, 0.3) is 5.91 Å². The fourth-order valence-corrected chi connectivity index (χ4v) is 4.46. The van der Waals surface area contributed by atoms with E-state index in [4.69, 9.17) is 34.8 Å². The number of fused-ring (bicyclic) bond motifs is 1. The van der Waals surface area contributed by atoms with Gasteiger partial charge in [-0.25, -0.2) is 26.9 Å². The summed E-state index contributed by atoms with van der Waals surface area (Å²) >= 11 is 18.8. The summed E-state index contributed by atoms with van der Waals surface area (Å²) in [6.07, 6.45) is 3.73. The summed E-state index contributed by atoms with van der Waals surface area (Å²) in [4.78, 5) is 16.4. The molecule has 1 N–H and O–H groups in total. The van der Waals surface area contributed by atoms with Gasteiger partial charge in [-0.1, -0.05) is 34.8 Å². The predicted molar refractivity (Wildman–Crippen MR) is 124 cm³/mol. The molecular weight excluding hydrogens is 519 g/mol. The number of aromatic nitrogens is 2. The molecule has 170 valence electrons. The molecule has 0 saturated heterocycles. The zero-order valence-electron chi connectivity index (χ0n) is 16.5. The molecule has 6 nitrogen and oxygen atoms in total. The fourth-order valence-electron chi connectivity index (χ4n) is 3.24. The Bertz CT molecular complexity index is 1560. The second-order valence-corrected chi connectivity index (χ2v) is 10.0. The molecule has 0 saturated carbocycles. The van der Waals surface area contributed by atoms with Crippen LogP contribution in [0.15, 0.2) is 48.8 Å². The van der Waals surface area contributed by atoms with E-state index in [0.717, 1.165) is 18.4 Å². The van der Waals surface area contributed by atoms with Gasteiger partial charge in [-0.3, -0.25) is 9.36 Å². The largest absolute Gasteiger partial charge is 0.298 e. The number of carbonyl (C=O) groups is 1. The molecule has 0 atom stereocenters. The van der Waals surface area contributed by atoms with E-state index in [1.54, 1.807) is 10.8 Å². The van der Waals surface area contributed by atoms with Crippen molar-refractivity contribution in [2.75, 3.05) is 6.26 Å². The molecule has 0 spiro atoms. The number of halogens is 5. The van der Waals surface area contributed by atoms with Crippen molar-refractivity contribution in [2.45, 2.75) is 0 Å². The maximum absolute atomic E-state index is 14.7. The molecule has 4 aromatic rings. The second kappa shape index (κ2) is 8.57. The predicted octanol–water partition coefficient (Wildman–Crippen LogP) is 5.62. The average Bonchev–Trinajstić information content (AvgIpc) is 3.04. The highest BCUT2D eigenvalue weighted by molar-refractivity contribution is 7.89. The van der Waals surface area contributed by atoms with E-state index >= 15 is 0 Å². The summed E-state index contributed by atoms with van der Waals surface area (Å²) in [7, 11) is -3.89. The number of carbonyl (C=O) groups excluding carboxylic acids is 1. The minimum absolute atomic E-state index is 0.0453. The van der Waals surface area contributed by atoms with Crippen LogP contribution in [0.3, 0.4) is 0 Å². The maximum atomic E-state index is 14.7. The van der Waals surface area contributed by atoms with Crippen LogP contribution in [0, 0.1) is 11.6 Å². The number of hydrogen-bond donors (Lipinski definition) is 1. The van der Waals surface area contributed by atoms with Crippen LogP contribution >= 0.6 is 34.8 Å². The van der Waals surface area contributed by atoms with Crippen molar-refractivity contribution in [1.82, 2.24) is 14.3 Å². The molecule has 33 heavy (non-hydrogen) atoms. The number of pyridine rings is 1. The minimum atomic E-state index is -3.89. The highest BCUT2D eigenvalue weighted by Gasteiger charge is 2.21. The van der Waals surface area contributed by atoms with Crippen molar-refractivity contribution in [3.05, 3.63) is 81.1 Å². The third-order valence-electron chi connectivity index (χ3n) is 4.66. The van der Waals surface area contributed by atoms with Crippen LogP contribution in [-0.4, -0.2) is 30.1 Å². The number of amides is 1. The lowest BCUT2D eigenvalue weighted by Gasteiger charge is -2.11. The highest BCUT2D eigenvalue weighted by atomic mass is 35.5. The molecule has 0 radical (unpaired) electrons. The SMILES string of the molecule is CS(=O)(=O)NC(=O)c1cc(Cl)c(-n2cc(Cl)c3cc(-c4ccc(F)cc4Cl)cnc32)cc1F. The molecule has 0 fully saturated rings. The molecule has 4 rings (SSSR count). The van der Waals surface area contributed by atoms with Gasteiger partial charge in [-0.2, -0.15) is 0 Å². The van der Waals surface area contributed by atoms with Crippen LogP contribution in [-0.2, 0) is 10.0 Å². The maximum Gasteiger partial charge on any atom is 0.267 e. The van der Waals surface area contributed by atoms with Crippen molar-refractivity contribution < 1.29 is 22.0 Å². The van der Waals surface area contributed by atoms with Gasteiger partial charge in [-0.05, 0) is 30.3 Å². The minimum Gasteiger partial charge on any atom is -0.298 e. The first-order chi connectivity index (χ1) is 15.4. The summed E-state index contributed by atoms with van der Waals surface area (Å²) in [5.74, 6) is -2.63. The zero-order valence-corrected chi connectivity index (χ0v) is 19.6. The Hall–Kier alpha value is -2.72. The van der Waals surface area contributed by atoms with Gasteiger partial charge in [0.1, 0.15) is 17.3 Å². The van der Waals surface area contributed by atoms with Gasteiger partial charge in [0.2, 0.25) is 10.0 Å². The summed E-state index contributed by atoms with van der Waals surface area (Å²) in [6, 6.07) is 7.64. The highest BCUT2D eigenvalue weighted by Crippen LogP contribution is 2.35. The summed E-state index contributed by atoms with van der Waals surface area (Å²) in [5.41, 5.74) is 1.04. The number of rotatable bonds is 4. The fraction of sp³-hybridized carbons (Fsp3) is 0.0476. The smallest absolute Gasteiger partial charge is 0.267 e. The number of nitrogens with one attached hydrogen (secondary N) is 1. The topological polar surface area (TPSA) is 81.1 Å². The first-order valence-corrected chi connectivity index (χ1v) is 12.1. The van der Waals surface area contributed by atoms with E-state index in [2.05, 4.69) is 4.98 Å². The van der Waals surface area contributed by atoms with Crippen LogP contribution in [0.2, 0.25) is 15.1 Å². The third-order valence-corrected chi connectivity index (χ3v) is 6.13. The van der Waals surface area contributed by atoms with Crippen LogP contribution in [0.25, 0.3) is 27.8 Å². The van der Waals surface area contributed by atoms with Crippen LogP contribution in [0.5, 0.6) is 0 Å². The van der Waals surface area contributed by atoms with Crippen molar-refractivity contribution >= 4 is 61.8 Å². The van der Waals surface area contributed by atoms with E-state index in [1.165, 1.54) is 35.2 Å². The van der Waals surface area contributed by atoms with Crippen molar-refractivity contribution in [2.24, 2.45) is 0 Å². The van der Waals surface area contributed by atoms with Crippen LogP contribution in [0.4, 0.5) is 8.78 Å². The van der Waals surface area contributed by atoms with E-state index in [9.17, 15) is 22.0 Å². The standard InChI is InChI=1S/C21H12Cl3F2N3O3S/c1-33(31,32)28-21(30)14-6-16(23)19(7-18(14)26)29-9-17(24)13-4-10(8-27-20(13)29)12-3-2-11(25)5-15(12)22/h2-9H,1H3,(H,28,30). The molecule has 0 aliphatic carbocycles. The zero-order chi connectivity index (χ0) is 24.1. The summed E-state index contributed by atoms with van der Waals surface area (Å²) < 4.78 is 53.7.